The second kappa shape index (κ2) is 6.72. The van der Waals surface area contributed by atoms with Crippen LogP contribution in [-0.2, 0) is 16.6 Å². The van der Waals surface area contributed by atoms with Gasteiger partial charge in [-0.1, -0.05) is 13.0 Å². The van der Waals surface area contributed by atoms with E-state index in [0.29, 0.717) is 24.9 Å². The molecule has 0 aliphatic carbocycles. The molecule has 2 rings (SSSR count). The number of pyridine rings is 1. The number of aryl methyl sites for hydroxylation is 1. The predicted octanol–water partition coefficient (Wildman–Crippen LogP) is 1.33. The standard InChI is InChI=1S/C14H24N4O2S/c1-4-13-6-5-7-14(15-13)16-21(19,20)18-10-8-17(9-11-18)12(2)3/h5-7,12H,4,8-11H2,1-3H3,(H,15,16). The second-order valence-corrected chi connectivity index (χ2v) is 7.17. The normalized spacial score (nSPS) is 18.1. The molecule has 0 amide bonds. The molecule has 1 N–H and O–H groups in total. The van der Waals surface area contributed by atoms with Gasteiger partial charge >= 0.3 is 10.2 Å². The lowest BCUT2D eigenvalue weighted by Crippen LogP contribution is -2.52. The Kier molecular flexibility index (Phi) is 5.18. The summed E-state index contributed by atoms with van der Waals surface area (Å²) in [5.41, 5.74) is 0.875. The Hall–Kier alpha value is -1.18. The van der Waals surface area contributed by atoms with E-state index in [2.05, 4.69) is 28.5 Å². The SMILES string of the molecule is CCc1cccc(NS(=O)(=O)N2CCN(C(C)C)CC2)n1. The first-order valence-corrected chi connectivity index (χ1v) is 8.84. The fourth-order valence-electron chi connectivity index (χ4n) is 2.39. The van der Waals surface area contributed by atoms with Crippen LogP contribution in [-0.4, -0.2) is 54.8 Å². The van der Waals surface area contributed by atoms with Crippen molar-refractivity contribution in [2.24, 2.45) is 0 Å². The van der Waals surface area contributed by atoms with E-state index in [1.165, 1.54) is 4.31 Å². The fourth-order valence-corrected chi connectivity index (χ4v) is 3.54. The smallest absolute Gasteiger partial charge is 0.298 e. The van der Waals surface area contributed by atoms with Crippen LogP contribution in [0, 0.1) is 0 Å². The molecule has 1 saturated heterocycles. The van der Waals surface area contributed by atoms with Gasteiger partial charge in [0, 0.05) is 37.9 Å². The zero-order valence-corrected chi connectivity index (χ0v) is 13.7. The minimum absolute atomic E-state index is 0.389. The maximum absolute atomic E-state index is 12.4. The van der Waals surface area contributed by atoms with Crippen LogP contribution in [0.3, 0.4) is 0 Å². The van der Waals surface area contributed by atoms with Crippen molar-refractivity contribution in [1.82, 2.24) is 14.2 Å². The second-order valence-electron chi connectivity index (χ2n) is 5.50. The number of hydrogen-bond acceptors (Lipinski definition) is 4. The summed E-state index contributed by atoms with van der Waals surface area (Å²) in [6, 6.07) is 5.84. The third-order valence-corrected chi connectivity index (χ3v) is 5.26. The first kappa shape index (κ1) is 16.2. The van der Waals surface area contributed by atoms with Crippen LogP contribution in [0.5, 0.6) is 0 Å². The van der Waals surface area contributed by atoms with Crippen LogP contribution in [0.25, 0.3) is 0 Å². The molecule has 2 heterocycles. The summed E-state index contributed by atoms with van der Waals surface area (Å²) in [6.07, 6.45) is 0.780. The Balaban J connectivity index is 2.02. The van der Waals surface area contributed by atoms with Gasteiger partial charge < -0.3 is 0 Å². The highest BCUT2D eigenvalue weighted by Gasteiger charge is 2.27. The fraction of sp³-hybridized carbons (Fsp3) is 0.643. The van der Waals surface area contributed by atoms with Crippen LogP contribution in [0.4, 0.5) is 5.82 Å². The van der Waals surface area contributed by atoms with E-state index in [4.69, 9.17) is 0 Å². The molecule has 6 nitrogen and oxygen atoms in total. The largest absolute Gasteiger partial charge is 0.302 e. The molecule has 118 valence electrons. The van der Waals surface area contributed by atoms with Crippen molar-refractivity contribution in [3.63, 3.8) is 0 Å². The summed E-state index contributed by atoms with van der Waals surface area (Å²) in [5, 5.41) is 0. The van der Waals surface area contributed by atoms with E-state index in [1.54, 1.807) is 6.07 Å². The quantitative estimate of drug-likeness (QED) is 0.891. The number of nitrogens with one attached hydrogen (secondary N) is 1. The predicted molar refractivity (Wildman–Crippen MR) is 84.4 cm³/mol. The lowest BCUT2D eigenvalue weighted by atomic mass is 10.3. The third kappa shape index (κ3) is 4.15. The molecular formula is C14H24N4O2S. The molecule has 1 aliphatic rings. The molecule has 1 fully saturated rings. The number of nitrogens with zero attached hydrogens (tertiary/aromatic N) is 3. The molecule has 1 aromatic heterocycles. The molecule has 0 atom stereocenters. The lowest BCUT2D eigenvalue weighted by molar-refractivity contribution is 0.154. The van der Waals surface area contributed by atoms with Gasteiger partial charge in [0.05, 0.1) is 0 Å². The first-order valence-electron chi connectivity index (χ1n) is 7.40. The van der Waals surface area contributed by atoms with Gasteiger partial charge in [0.25, 0.3) is 0 Å². The molecule has 0 spiro atoms. The van der Waals surface area contributed by atoms with Gasteiger partial charge in [-0.3, -0.25) is 9.62 Å². The molecule has 21 heavy (non-hydrogen) atoms. The molecule has 0 unspecified atom stereocenters. The van der Waals surface area contributed by atoms with Gasteiger partial charge in [-0.05, 0) is 32.4 Å². The molecule has 0 bridgehead atoms. The van der Waals surface area contributed by atoms with Crippen molar-refractivity contribution in [2.45, 2.75) is 33.2 Å². The number of piperazine rings is 1. The Morgan fingerprint density at radius 1 is 1.24 bits per heavy atom. The lowest BCUT2D eigenvalue weighted by Gasteiger charge is -2.36. The van der Waals surface area contributed by atoms with Crippen molar-refractivity contribution in [3.05, 3.63) is 23.9 Å². The van der Waals surface area contributed by atoms with Crippen LogP contribution in [0.2, 0.25) is 0 Å². The first-order chi connectivity index (χ1) is 9.92. The highest BCUT2D eigenvalue weighted by atomic mass is 32.2. The van der Waals surface area contributed by atoms with Crippen molar-refractivity contribution < 1.29 is 8.42 Å². The van der Waals surface area contributed by atoms with E-state index in [-0.39, 0.29) is 0 Å². The average molecular weight is 312 g/mol. The van der Waals surface area contributed by atoms with Crippen molar-refractivity contribution >= 4 is 16.0 Å². The Bertz CT molecular complexity index is 566. The molecule has 1 aliphatic heterocycles. The zero-order valence-electron chi connectivity index (χ0n) is 12.9. The van der Waals surface area contributed by atoms with Gasteiger partial charge in [0.2, 0.25) is 0 Å². The summed E-state index contributed by atoms with van der Waals surface area (Å²) >= 11 is 0. The molecule has 0 aromatic carbocycles. The zero-order chi connectivity index (χ0) is 15.5. The summed E-state index contributed by atoms with van der Waals surface area (Å²) in [4.78, 5) is 6.57. The minimum Gasteiger partial charge on any atom is -0.298 e. The van der Waals surface area contributed by atoms with Crippen LogP contribution < -0.4 is 4.72 Å². The van der Waals surface area contributed by atoms with Crippen LogP contribution in [0.15, 0.2) is 18.2 Å². The van der Waals surface area contributed by atoms with Crippen molar-refractivity contribution in [3.8, 4) is 0 Å². The Labute approximate surface area is 127 Å². The molecule has 1 aromatic rings. The molecular weight excluding hydrogens is 288 g/mol. The highest BCUT2D eigenvalue weighted by Crippen LogP contribution is 2.13. The van der Waals surface area contributed by atoms with E-state index < -0.39 is 10.2 Å². The van der Waals surface area contributed by atoms with Gasteiger partial charge in [0.1, 0.15) is 5.82 Å². The van der Waals surface area contributed by atoms with Crippen LogP contribution >= 0.6 is 0 Å². The molecule has 7 heteroatoms. The number of aromatic nitrogens is 1. The number of anilines is 1. The summed E-state index contributed by atoms with van der Waals surface area (Å²) in [5.74, 6) is 0.389. The third-order valence-electron chi connectivity index (χ3n) is 3.75. The topological polar surface area (TPSA) is 65.5 Å². The van der Waals surface area contributed by atoms with E-state index >= 15 is 0 Å². The highest BCUT2D eigenvalue weighted by molar-refractivity contribution is 7.90. The summed E-state index contributed by atoms with van der Waals surface area (Å²) in [6.45, 7) is 8.81. The maximum atomic E-state index is 12.4. The maximum Gasteiger partial charge on any atom is 0.302 e. The average Bonchev–Trinajstić information content (AvgIpc) is 2.47. The van der Waals surface area contributed by atoms with Gasteiger partial charge in [-0.2, -0.15) is 12.7 Å². The molecule has 0 radical (unpaired) electrons. The van der Waals surface area contributed by atoms with Crippen molar-refractivity contribution in [2.75, 3.05) is 30.9 Å². The minimum atomic E-state index is -3.52. The monoisotopic (exact) mass is 312 g/mol. The van der Waals surface area contributed by atoms with Gasteiger partial charge in [0.15, 0.2) is 0 Å². The van der Waals surface area contributed by atoms with Gasteiger partial charge in [-0.25, -0.2) is 4.98 Å². The van der Waals surface area contributed by atoms with Gasteiger partial charge in [-0.15, -0.1) is 0 Å². The van der Waals surface area contributed by atoms with E-state index in [1.807, 2.05) is 19.1 Å². The van der Waals surface area contributed by atoms with E-state index in [0.717, 1.165) is 25.2 Å². The van der Waals surface area contributed by atoms with Crippen LogP contribution in [0.1, 0.15) is 26.5 Å². The van der Waals surface area contributed by atoms with Crippen molar-refractivity contribution in [1.29, 1.82) is 0 Å². The summed E-state index contributed by atoms with van der Waals surface area (Å²) in [7, 11) is -3.52. The number of rotatable bonds is 5. The Morgan fingerprint density at radius 3 is 2.48 bits per heavy atom. The van der Waals surface area contributed by atoms with E-state index in [9.17, 15) is 8.42 Å². The Morgan fingerprint density at radius 2 is 1.90 bits per heavy atom. The molecule has 0 saturated carbocycles. The summed E-state index contributed by atoms with van der Waals surface area (Å²) < 4.78 is 28.8. The number of hydrogen-bond donors (Lipinski definition) is 1.